The van der Waals surface area contributed by atoms with Gasteiger partial charge in [-0.2, -0.15) is 0 Å². The Balaban J connectivity index is 2.17. The highest BCUT2D eigenvalue weighted by atomic mass is 35.5. The molecule has 0 N–H and O–H groups in total. The van der Waals surface area contributed by atoms with Crippen molar-refractivity contribution in [2.24, 2.45) is 0 Å². The molecule has 0 spiro atoms. The summed E-state index contributed by atoms with van der Waals surface area (Å²) in [7, 11) is 0. The van der Waals surface area contributed by atoms with E-state index in [0.29, 0.717) is 0 Å². The molecule has 3 aromatic carbocycles. The zero-order chi connectivity index (χ0) is 15.8. The van der Waals surface area contributed by atoms with Gasteiger partial charge in [0.25, 0.3) is 0 Å². The highest BCUT2D eigenvalue weighted by Gasteiger charge is 2.13. The molecule has 0 fully saturated rings. The minimum Gasteiger partial charge on any atom is -0.248 e. The summed E-state index contributed by atoms with van der Waals surface area (Å²) in [6.07, 6.45) is 1.80. The van der Waals surface area contributed by atoms with E-state index in [0.717, 1.165) is 43.5 Å². The molecule has 0 aliphatic carbocycles. The van der Waals surface area contributed by atoms with Crippen LogP contribution in [0.25, 0.3) is 39.0 Å². The summed E-state index contributed by atoms with van der Waals surface area (Å²) in [4.78, 5) is 4.77. The molecule has 0 saturated carbocycles. The Bertz CT molecular complexity index is 996. The largest absolute Gasteiger partial charge is 0.248 e. The van der Waals surface area contributed by atoms with Crippen molar-refractivity contribution in [1.29, 1.82) is 0 Å². The maximum Gasteiger partial charge on any atom is 0.0715 e. The predicted molar refractivity (Wildman–Crippen MR) is 99.8 cm³/mol. The van der Waals surface area contributed by atoms with Gasteiger partial charge in [0, 0.05) is 26.9 Å². The number of pyridine rings is 1. The summed E-state index contributed by atoms with van der Waals surface area (Å²) in [6.45, 7) is 3.81. The van der Waals surface area contributed by atoms with E-state index in [2.05, 4.69) is 24.8 Å². The van der Waals surface area contributed by atoms with Crippen LogP contribution in [0.15, 0.2) is 73.3 Å². The Morgan fingerprint density at radius 3 is 2.00 bits per heavy atom. The van der Waals surface area contributed by atoms with Crippen LogP contribution in [-0.4, -0.2) is 4.98 Å². The van der Waals surface area contributed by atoms with Crippen LogP contribution in [0, 0.1) is 0 Å². The third-order valence-corrected chi connectivity index (χ3v) is 4.40. The van der Waals surface area contributed by atoms with Crippen molar-refractivity contribution in [3.05, 3.63) is 83.9 Å². The lowest BCUT2D eigenvalue weighted by Gasteiger charge is -2.13. The van der Waals surface area contributed by atoms with Gasteiger partial charge in [0.1, 0.15) is 0 Å². The van der Waals surface area contributed by atoms with Crippen LogP contribution in [-0.2, 0) is 0 Å². The van der Waals surface area contributed by atoms with Gasteiger partial charge < -0.3 is 0 Å². The number of rotatable bonds is 2. The Labute approximate surface area is 139 Å². The van der Waals surface area contributed by atoms with Gasteiger partial charge in [0.2, 0.25) is 0 Å². The summed E-state index contributed by atoms with van der Waals surface area (Å²) in [6, 6.07) is 22.4. The number of para-hydroxylation sites is 2. The van der Waals surface area contributed by atoms with Crippen LogP contribution in [0.2, 0.25) is 5.02 Å². The SMILES string of the molecule is C=Cc1ccc(-c2c3ccccc3nc3ccccc23)c(Cl)c1. The van der Waals surface area contributed by atoms with Crippen molar-refractivity contribution in [3.63, 3.8) is 0 Å². The van der Waals surface area contributed by atoms with E-state index < -0.39 is 0 Å². The van der Waals surface area contributed by atoms with Crippen LogP contribution in [0.4, 0.5) is 0 Å². The van der Waals surface area contributed by atoms with Gasteiger partial charge in [-0.3, -0.25) is 0 Å². The minimum atomic E-state index is 0.726. The normalized spacial score (nSPS) is 11.0. The molecular formula is C21H14ClN. The van der Waals surface area contributed by atoms with Crippen LogP contribution in [0.5, 0.6) is 0 Å². The van der Waals surface area contributed by atoms with Crippen molar-refractivity contribution in [3.8, 4) is 11.1 Å². The maximum absolute atomic E-state index is 6.58. The first kappa shape index (κ1) is 14.0. The van der Waals surface area contributed by atoms with E-state index in [1.165, 1.54) is 0 Å². The molecule has 0 unspecified atom stereocenters. The zero-order valence-electron chi connectivity index (χ0n) is 12.5. The van der Waals surface area contributed by atoms with Gasteiger partial charge in [-0.25, -0.2) is 4.98 Å². The first-order valence-corrected chi connectivity index (χ1v) is 7.85. The van der Waals surface area contributed by atoms with Crippen molar-refractivity contribution in [2.45, 2.75) is 0 Å². The average Bonchev–Trinajstić information content (AvgIpc) is 2.60. The van der Waals surface area contributed by atoms with Gasteiger partial charge in [0.05, 0.1) is 11.0 Å². The van der Waals surface area contributed by atoms with E-state index >= 15 is 0 Å². The van der Waals surface area contributed by atoms with E-state index in [9.17, 15) is 0 Å². The second-order valence-electron chi connectivity index (χ2n) is 5.46. The maximum atomic E-state index is 6.58. The fourth-order valence-electron chi connectivity index (χ4n) is 2.99. The van der Waals surface area contributed by atoms with Crippen molar-refractivity contribution in [2.75, 3.05) is 0 Å². The topological polar surface area (TPSA) is 12.9 Å². The fraction of sp³-hybridized carbons (Fsp3) is 0. The number of hydrogen-bond acceptors (Lipinski definition) is 1. The van der Waals surface area contributed by atoms with Crippen molar-refractivity contribution in [1.82, 2.24) is 4.98 Å². The summed E-state index contributed by atoms with van der Waals surface area (Å²) in [5, 5.41) is 2.95. The number of fused-ring (bicyclic) bond motifs is 2. The number of nitrogens with zero attached hydrogens (tertiary/aromatic N) is 1. The molecule has 110 valence electrons. The van der Waals surface area contributed by atoms with Gasteiger partial charge in [-0.1, -0.05) is 72.8 Å². The quantitative estimate of drug-likeness (QED) is 0.393. The predicted octanol–water partition coefficient (Wildman–Crippen LogP) is 6.35. The van der Waals surface area contributed by atoms with Crippen molar-refractivity contribution < 1.29 is 0 Å². The molecule has 0 saturated heterocycles. The monoisotopic (exact) mass is 315 g/mol. The zero-order valence-corrected chi connectivity index (χ0v) is 13.2. The molecule has 4 rings (SSSR count). The molecule has 1 aromatic heterocycles. The van der Waals surface area contributed by atoms with Gasteiger partial charge in [0.15, 0.2) is 0 Å². The van der Waals surface area contributed by atoms with Crippen LogP contribution < -0.4 is 0 Å². The number of aromatic nitrogens is 1. The third kappa shape index (κ3) is 2.30. The average molecular weight is 316 g/mol. The standard InChI is InChI=1S/C21H14ClN/c1-2-14-11-12-15(18(22)13-14)21-16-7-3-5-9-19(16)23-20-10-6-4-8-17(20)21/h2-13H,1H2. The molecule has 1 heterocycles. The number of hydrogen-bond donors (Lipinski definition) is 0. The van der Waals surface area contributed by atoms with Crippen molar-refractivity contribution >= 4 is 39.5 Å². The molecule has 0 atom stereocenters. The Morgan fingerprint density at radius 2 is 1.43 bits per heavy atom. The highest BCUT2D eigenvalue weighted by Crippen LogP contribution is 2.38. The Morgan fingerprint density at radius 1 is 0.826 bits per heavy atom. The molecule has 4 aromatic rings. The minimum absolute atomic E-state index is 0.726. The van der Waals surface area contributed by atoms with Crippen LogP contribution >= 0.6 is 11.6 Å². The van der Waals surface area contributed by atoms with Crippen LogP contribution in [0.1, 0.15) is 5.56 Å². The van der Waals surface area contributed by atoms with E-state index in [1.807, 2.05) is 48.5 Å². The Kier molecular flexibility index (Phi) is 3.36. The van der Waals surface area contributed by atoms with Crippen LogP contribution in [0.3, 0.4) is 0 Å². The highest BCUT2D eigenvalue weighted by molar-refractivity contribution is 6.34. The smallest absolute Gasteiger partial charge is 0.0715 e. The second-order valence-corrected chi connectivity index (χ2v) is 5.87. The molecule has 23 heavy (non-hydrogen) atoms. The molecule has 0 bridgehead atoms. The van der Waals surface area contributed by atoms with Gasteiger partial charge >= 0.3 is 0 Å². The summed E-state index contributed by atoms with van der Waals surface area (Å²) in [5.74, 6) is 0. The molecule has 0 aliphatic heterocycles. The number of halogens is 1. The van der Waals surface area contributed by atoms with E-state index in [1.54, 1.807) is 6.08 Å². The summed E-state index contributed by atoms with van der Waals surface area (Å²) >= 11 is 6.58. The third-order valence-electron chi connectivity index (χ3n) is 4.09. The van der Waals surface area contributed by atoms with E-state index in [-0.39, 0.29) is 0 Å². The van der Waals surface area contributed by atoms with Gasteiger partial charge in [-0.05, 0) is 23.8 Å². The van der Waals surface area contributed by atoms with E-state index in [4.69, 9.17) is 16.6 Å². The molecule has 0 aliphatic rings. The molecule has 1 nitrogen and oxygen atoms in total. The molecule has 2 heteroatoms. The fourth-order valence-corrected chi connectivity index (χ4v) is 3.27. The lowest BCUT2D eigenvalue weighted by molar-refractivity contribution is 1.49. The molecule has 0 radical (unpaired) electrons. The lowest BCUT2D eigenvalue weighted by Crippen LogP contribution is -1.90. The van der Waals surface area contributed by atoms with Gasteiger partial charge in [-0.15, -0.1) is 0 Å². The first-order chi connectivity index (χ1) is 11.3. The first-order valence-electron chi connectivity index (χ1n) is 7.48. The Hall–Kier alpha value is -2.64. The summed E-state index contributed by atoms with van der Waals surface area (Å²) < 4.78 is 0. The molecule has 0 amide bonds. The second kappa shape index (κ2) is 5.53. The number of benzene rings is 3. The molecular weight excluding hydrogens is 302 g/mol. The lowest BCUT2D eigenvalue weighted by atomic mass is 9.95. The summed E-state index contributed by atoms with van der Waals surface area (Å²) in [5.41, 5.74) is 5.12.